The van der Waals surface area contributed by atoms with Gasteiger partial charge in [-0.15, -0.1) is 0 Å². The molecule has 0 aliphatic carbocycles. The number of benzene rings is 1. The Bertz CT molecular complexity index is 379. The van der Waals surface area contributed by atoms with Gasteiger partial charge in [0.1, 0.15) is 5.75 Å². The molecular weight excluding hydrogens is 124 g/mol. The smallest absolute Gasteiger partial charge is 0.121 e. The van der Waals surface area contributed by atoms with E-state index in [1.54, 1.807) is 0 Å². The Hall–Kier alpha value is -0.980. The molecule has 54 valence electrons. The van der Waals surface area contributed by atoms with Crippen LogP contribution in [-0.2, 0) is 0 Å². The maximum atomic E-state index is 7.29. The molecule has 1 aromatic carbocycles. The molecule has 0 N–H and O–H groups in total. The third kappa shape index (κ3) is 1.29. The molecule has 0 aromatic heterocycles. The van der Waals surface area contributed by atoms with Crippen LogP contribution in [0.2, 0.25) is 0 Å². The summed E-state index contributed by atoms with van der Waals surface area (Å²) >= 11 is 0. The fourth-order valence-corrected chi connectivity index (χ4v) is 0.708. The SMILES string of the molecule is [2H]C([2H])([2H])c1ccc(OC)c(C([2H])([2H])[2H])c1. The van der Waals surface area contributed by atoms with Gasteiger partial charge in [0.15, 0.2) is 0 Å². The summed E-state index contributed by atoms with van der Waals surface area (Å²) in [5.41, 5.74) is -0.0805. The van der Waals surface area contributed by atoms with E-state index in [0.29, 0.717) is 0 Å². The molecule has 1 heteroatoms. The van der Waals surface area contributed by atoms with Crippen LogP contribution < -0.4 is 4.74 Å². The van der Waals surface area contributed by atoms with Crippen LogP contribution in [0.5, 0.6) is 5.75 Å². The van der Waals surface area contributed by atoms with E-state index in [0.717, 1.165) is 6.07 Å². The van der Waals surface area contributed by atoms with Crippen LogP contribution in [-0.4, -0.2) is 7.11 Å². The quantitative estimate of drug-likeness (QED) is 0.584. The Morgan fingerprint density at radius 3 is 2.90 bits per heavy atom. The van der Waals surface area contributed by atoms with E-state index in [9.17, 15) is 0 Å². The fourth-order valence-electron chi connectivity index (χ4n) is 0.708. The molecule has 0 fully saturated rings. The largest absolute Gasteiger partial charge is 0.496 e. The number of rotatable bonds is 1. The molecule has 0 spiro atoms. The van der Waals surface area contributed by atoms with E-state index in [4.69, 9.17) is 13.0 Å². The number of ether oxygens (including phenoxy) is 1. The van der Waals surface area contributed by atoms with Gasteiger partial charge in [-0.25, -0.2) is 0 Å². The number of hydrogen-bond donors (Lipinski definition) is 0. The second kappa shape index (κ2) is 2.74. The topological polar surface area (TPSA) is 9.23 Å². The van der Waals surface area contributed by atoms with E-state index in [1.165, 1.54) is 19.2 Å². The average Bonchev–Trinajstić information content (AvgIpc) is 2.14. The van der Waals surface area contributed by atoms with Gasteiger partial charge in [0.05, 0.1) is 7.11 Å². The van der Waals surface area contributed by atoms with Crippen molar-refractivity contribution < 1.29 is 13.0 Å². The van der Waals surface area contributed by atoms with Crippen LogP contribution >= 0.6 is 0 Å². The second-order valence-electron chi connectivity index (χ2n) is 1.92. The third-order valence-electron chi connectivity index (χ3n) is 1.20. The second-order valence-corrected chi connectivity index (χ2v) is 1.92. The molecule has 1 aromatic rings. The number of aryl methyl sites for hydroxylation is 2. The predicted molar refractivity (Wildman–Crippen MR) is 42.5 cm³/mol. The molecule has 0 atom stereocenters. The van der Waals surface area contributed by atoms with Gasteiger partial charge in [-0.05, 0) is 25.3 Å². The van der Waals surface area contributed by atoms with Crippen molar-refractivity contribution in [3.05, 3.63) is 29.3 Å². The van der Waals surface area contributed by atoms with Gasteiger partial charge < -0.3 is 4.74 Å². The molecule has 0 saturated heterocycles. The summed E-state index contributed by atoms with van der Waals surface area (Å²) in [4.78, 5) is 0. The Morgan fingerprint density at radius 1 is 1.40 bits per heavy atom. The molecule has 1 rings (SSSR count). The molecule has 0 aliphatic heterocycles. The van der Waals surface area contributed by atoms with Gasteiger partial charge in [0.25, 0.3) is 0 Å². The lowest BCUT2D eigenvalue weighted by atomic mass is 10.1. The zero-order valence-electron chi connectivity index (χ0n) is 11.6. The maximum Gasteiger partial charge on any atom is 0.121 e. The van der Waals surface area contributed by atoms with E-state index in [1.807, 2.05) is 0 Å². The summed E-state index contributed by atoms with van der Waals surface area (Å²) in [6, 6.07) is 3.86. The Labute approximate surface area is 70.1 Å². The zero-order valence-corrected chi connectivity index (χ0v) is 5.64. The Kier molecular flexibility index (Phi) is 0.703. The van der Waals surface area contributed by atoms with E-state index < -0.39 is 13.7 Å². The van der Waals surface area contributed by atoms with Gasteiger partial charge >= 0.3 is 0 Å². The third-order valence-corrected chi connectivity index (χ3v) is 1.20. The van der Waals surface area contributed by atoms with Crippen molar-refractivity contribution in [2.45, 2.75) is 13.7 Å². The van der Waals surface area contributed by atoms with E-state index in [-0.39, 0.29) is 16.9 Å². The maximum absolute atomic E-state index is 7.29. The lowest BCUT2D eigenvalue weighted by Crippen LogP contribution is -1.86. The van der Waals surface area contributed by atoms with Crippen LogP contribution in [0.15, 0.2) is 18.2 Å². The lowest BCUT2D eigenvalue weighted by molar-refractivity contribution is 0.411. The van der Waals surface area contributed by atoms with Crippen molar-refractivity contribution in [1.29, 1.82) is 0 Å². The monoisotopic (exact) mass is 142 g/mol. The summed E-state index contributed by atoms with van der Waals surface area (Å²) < 4.78 is 48.4. The van der Waals surface area contributed by atoms with Crippen molar-refractivity contribution in [3.63, 3.8) is 0 Å². The normalized spacial score (nSPS) is 20.9. The van der Waals surface area contributed by atoms with Gasteiger partial charge in [-0.1, -0.05) is 17.7 Å². The van der Waals surface area contributed by atoms with Gasteiger partial charge in [-0.2, -0.15) is 0 Å². The summed E-state index contributed by atoms with van der Waals surface area (Å²) in [6.45, 7) is -4.70. The number of methoxy groups -OCH3 is 1. The Balaban J connectivity index is 3.34. The molecule has 0 aliphatic rings. The fraction of sp³-hybridized carbons (Fsp3) is 0.333. The average molecular weight is 142 g/mol. The molecular formula is C9H12O. The highest BCUT2D eigenvalue weighted by atomic mass is 16.5. The summed E-state index contributed by atoms with van der Waals surface area (Å²) in [5.74, 6) is 0.174. The van der Waals surface area contributed by atoms with E-state index in [2.05, 4.69) is 0 Å². The zero-order chi connectivity index (χ0) is 12.6. The molecule has 0 saturated carbocycles. The van der Waals surface area contributed by atoms with Crippen molar-refractivity contribution in [3.8, 4) is 5.75 Å². The minimum Gasteiger partial charge on any atom is -0.496 e. The van der Waals surface area contributed by atoms with E-state index >= 15 is 0 Å². The first-order chi connectivity index (χ1) is 7.16. The first kappa shape index (κ1) is 2.57. The minimum atomic E-state index is -2.38. The number of hydrogen-bond acceptors (Lipinski definition) is 1. The van der Waals surface area contributed by atoms with Crippen LogP contribution in [0.1, 0.15) is 19.4 Å². The van der Waals surface area contributed by atoms with Crippen molar-refractivity contribution >= 4 is 0 Å². The van der Waals surface area contributed by atoms with Gasteiger partial charge in [0.2, 0.25) is 0 Å². The van der Waals surface area contributed by atoms with Crippen LogP contribution in [0, 0.1) is 13.7 Å². The van der Waals surface area contributed by atoms with Gasteiger partial charge in [-0.3, -0.25) is 0 Å². The first-order valence-corrected chi connectivity index (χ1v) is 2.85. The molecule has 0 radical (unpaired) electrons. The van der Waals surface area contributed by atoms with Gasteiger partial charge in [0, 0.05) is 8.22 Å². The van der Waals surface area contributed by atoms with Crippen LogP contribution in [0.25, 0.3) is 0 Å². The molecule has 10 heavy (non-hydrogen) atoms. The lowest BCUT2D eigenvalue weighted by Gasteiger charge is -2.03. The molecule has 0 amide bonds. The first-order valence-electron chi connectivity index (χ1n) is 5.85. The van der Waals surface area contributed by atoms with Crippen LogP contribution in [0.4, 0.5) is 0 Å². The van der Waals surface area contributed by atoms with Crippen molar-refractivity contribution in [2.75, 3.05) is 7.11 Å². The minimum absolute atomic E-state index is 0.000532. The summed E-state index contributed by atoms with van der Waals surface area (Å²) in [6.07, 6.45) is 0. The molecule has 0 bridgehead atoms. The van der Waals surface area contributed by atoms with Crippen molar-refractivity contribution in [2.24, 2.45) is 0 Å². The van der Waals surface area contributed by atoms with Crippen molar-refractivity contribution in [1.82, 2.24) is 0 Å². The Morgan fingerprint density at radius 2 is 2.30 bits per heavy atom. The van der Waals surface area contributed by atoms with Crippen LogP contribution in [0.3, 0.4) is 0 Å². The molecule has 0 heterocycles. The standard InChI is InChI=1S/C9H12O/c1-7-4-5-9(10-3)8(2)6-7/h4-6H,1-3H3/i1D3,2D3. The summed E-state index contributed by atoms with van der Waals surface area (Å²) in [7, 11) is 1.35. The predicted octanol–water partition coefficient (Wildman–Crippen LogP) is 2.31. The highest BCUT2D eigenvalue weighted by Gasteiger charge is 1.94. The summed E-state index contributed by atoms with van der Waals surface area (Å²) in [5, 5.41) is 0. The highest BCUT2D eigenvalue weighted by Crippen LogP contribution is 2.17. The molecule has 1 nitrogen and oxygen atoms in total. The highest BCUT2D eigenvalue weighted by molar-refractivity contribution is 5.35. The molecule has 0 unspecified atom stereocenters.